The Hall–Kier alpha value is -0.810. The van der Waals surface area contributed by atoms with Crippen molar-refractivity contribution in [2.75, 3.05) is 23.7 Å². The van der Waals surface area contributed by atoms with Gasteiger partial charge in [0.05, 0.1) is 28.1 Å². The van der Waals surface area contributed by atoms with Gasteiger partial charge >= 0.3 is 0 Å². The molecule has 1 aliphatic rings. The van der Waals surface area contributed by atoms with Gasteiger partial charge in [0.25, 0.3) is 0 Å². The van der Waals surface area contributed by atoms with Crippen molar-refractivity contribution < 1.29 is 5.11 Å². The molecular weight excluding hydrogens is 282 g/mol. The van der Waals surface area contributed by atoms with E-state index in [1.54, 1.807) is 12.4 Å². The molecule has 0 radical (unpaired) electrons. The average molecular weight is 300 g/mol. The molecule has 1 atom stereocenters. The third-order valence-corrected chi connectivity index (χ3v) is 4.02. The number of aliphatic hydroxyl groups is 1. The SMILES string of the molecule is CC(O)C1CCN(c2c(N)cncc2Br)CC1. The van der Waals surface area contributed by atoms with E-state index in [2.05, 4.69) is 25.8 Å². The summed E-state index contributed by atoms with van der Waals surface area (Å²) >= 11 is 3.49. The first-order chi connectivity index (χ1) is 8.09. The zero-order chi connectivity index (χ0) is 12.4. The van der Waals surface area contributed by atoms with E-state index in [9.17, 15) is 5.11 Å². The molecule has 1 aromatic heterocycles. The van der Waals surface area contributed by atoms with E-state index in [1.807, 2.05) is 6.92 Å². The van der Waals surface area contributed by atoms with Gasteiger partial charge in [-0.3, -0.25) is 4.98 Å². The van der Waals surface area contributed by atoms with Gasteiger partial charge in [-0.15, -0.1) is 0 Å². The van der Waals surface area contributed by atoms with Gasteiger partial charge in [0.2, 0.25) is 0 Å². The van der Waals surface area contributed by atoms with Crippen molar-refractivity contribution >= 4 is 27.3 Å². The summed E-state index contributed by atoms with van der Waals surface area (Å²) in [5.74, 6) is 0.410. The minimum Gasteiger partial charge on any atom is -0.396 e. The normalized spacial score (nSPS) is 19.4. The third kappa shape index (κ3) is 2.72. The zero-order valence-electron chi connectivity index (χ0n) is 9.93. The second kappa shape index (κ2) is 5.23. The number of hydrogen-bond donors (Lipinski definition) is 2. The third-order valence-electron chi connectivity index (χ3n) is 3.44. The fourth-order valence-electron chi connectivity index (χ4n) is 2.38. The number of piperidine rings is 1. The smallest absolute Gasteiger partial charge is 0.0776 e. The van der Waals surface area contributed by atoms with Crippen LogP contribution in [0.2, 0.25) is 0 Å². The van der Waals surface area contributed by atoms with Crippen molar-refractivity contribution in [2.45, 2.75) is 25.9 Å². The van der Waals surface area contributed by atoms with Crippen LogP contribution >= 0.6 is 15.9 Å². The maximum Gasteiger partial charge on any atom is 0.0776 e. The molecule has 2 rings (SSSR count). The summed E-state index contributed by atoms with van der Waals surface area (Å²) < 4.78 is 0.938. The van der Waals surface area contributed by atoms with Crippen LogP contribution in [0.3, 0.4) is 0 Å². The Kier molecular flexibility index (Phi) is 3.89. The number of rotatable bonds is 2. The van der Waals surface area contributed by atoms with Crippen molar-refractivity contribution in [3.63, 3.8) is 0 Å². The second-order valence-electron chi connectivity index (χ2n) is 4.62. The fourth-order valence-corrected chi connectivity index (χ4v) is 2.98. The van der Waals surface area contributed by atoms with E-state index < -0.39 is 0 Å². The molecule has 0 spiro atoms. The molecule has 1 aromatic rings. The zero-order valence-corrected chi connectivity index (χ0v) is 11.5. The summed E-state index contributed by atoms with van der Waals surface area (Å²) in [6.45, 7) is 3.74. The number of nitrogen functional groups attached to an aromatic ring is 1. The lowest BCUT2D eigenvalue weighted by atomic mass is 9.92. The highest BCUT2D eigenvalue weighted by Gasteiger charge is 2.24. The first kappa shape index (κ1) is 12.6. The molecule has 3 N–H and O–H groups in total. The van der Waals surface area contributed by atoms with Gasteiger partial charge in [-0.1, -0.05) is 0 Å². The van der Waals surface area contributed by atoms with Crippen LogP contribution in [0.25, 0.3) is 0 Å². The minimum absolute atomic E-state index is 0.213. The molecule has 5 heteroatoms. The van der Waals surface area contributed by atoms with Crippen LogP contribution < -0.4 is 10.6 Å². The Morgan fingerprint density at radius 3 is 2.65 bits per heavy atom. The molecule has 0 amide bonds. The molecule has 0 aliphatic carbocycles. The van der Waals surface area contributed by atoms with Gasteiger partial charge in [0.15, 0.2) is 0 Å². The van der Waals surface area contributed by atoms with E-state index in [1.165, 1.54) is 0 Å². The minimum atomic E-state index is -0.213. The summed E-state index contributed by atoms with van der Waals surface area (Å²) in [7, 11) is 0. The van der Waals surface area contributed by atoms with Crippen LogP contribution in [0.1, 0.15) is 19.8 Å². The maximum absolute atomic E-state index is 9.58. The monoisotopic (exact) mass is 299 g/mol. The first-order valence-electron chi connectivity index (χ1n) is 5.91. The van der Waals surface area contributed by atoms with E-state index in [0.29, 0.717) is 11.6 Å². The summed E-state index contributed by atoms with van der Waals surface area (Å²) in [5.41, 5.74) is 7.70. The summed E-state index contributed by atoms with van der Waals surface area (Å²) in [6.07, 6.45) is 5.25. The predicted octanol–water partition coefficient (Wildman–Crippen LogP) is 2.02. The number of pyridine rings is 1. The number of anilines is 2. The topological polar surface area (TPSA) is 62.4 Å². The van der Waals surface area contributed by atoms with E-state index in [0.717, 1.165) is 36.1 Å². The van der Waals surface area contributed by atoms with Gasteiger partial charge in [-0.05, 0) is 41.6 Å². The summed E-state index contributed by atoms with van der Waals surface area (Å²) in [5, 5.41) is 9.58. The fraction of sp³-hybridized carbons (Fsp3) is 0.583. The quantitative estimate of drug-likeness (QED) is 0.877. The molecule has 1 saturated heterocycles. The number of nitrogens with zero attached hydrogens (tertiary/aromatic N) is 2. The lowest BCUT2D eigenvalue weighted by molar-refractivity contribution is 0.110. The highest BCUT2D eigenvalue weighted by atomic mass is 79.9. The number of aromatic nitrogens is 1. The maximum atomic E-state index is 9.58. The van der Waals surface area contributed by atoms with Crippen molar-refractivity contribution in [3.05, 3.63) is 16.9 Å². The van der Waals surface area contributed by atoms with Crippen LogP contribution in [0.15, 0.2) is 16.9 Å². The van der Waals surface area contributed by atoms with E-state index in [4.69, 9.17) is 5.73 Å². The Morgan fingerprint density at radius 1 is 1.47 bits per heavy atom. The second-order valence-corrected chi connectivity index (χ2v) is 5.48. The van der Waals surface area contributed by atoms with Crippen molar-refractivity contribution in [3.8, 4) is 0 Å². The molecule has 0 bridgehead atoms. The predicted molar refractivity (Wildman–Crippen MR) is 73.0 cm³/mol. The number of nitrogens with two attached hydrogens (primary N) is 1. The standard InChI is InChI=1S/C12H18BrN3O/c1-8(17)9-2-4-16(5-3-9)12-10(13)6-15-7-11(12)14/h6-9,17H,2-5,14H2,1H3. The molecule has 94 valence electrons. The highest BCUT2D eigenvalue weighted by Crippen LogP contribution is 2.34. The molecular formula is C12H18BrN3O. The van der Waals surface area contributed by atoms with E-state index in [-0.39, 0.29) is 6.10 Å². The molecule has 1 fully saturated rings. The summed E-state index contributed by atoms with van der Waals surface area (Å²) in [6, 6.07) is 0. The molecule has 1 unspecified atom stereocenters. The Balaban J connectivity index is 2.11. The van der Waals surface area contributed by atoms with Gasteiger partial charge < -0.3 is 15.7 Å². The van der Waals surface area contributed by atoms with Gasteiger partial charge in [0, 0.05) is 19.3 Å². The van der Waals surface area contributed by atoms with Crippen molar-refractivity contribution in [1.82, 2.24) is 4.98 Å². The Morgan fingerprint density at radius 2 is 2.12 bits per heavy atom. The lowest BCUT2D eigenvalue weighted by Crippen LogP contribution is -2.37. The lowest BCUT2D eigenvalue weighted by Gasteiger charge is -2.35. The van der Waals surface area contributed by atoms with Crippen LogP contribution in [-0.2, 0) is 0 Å². The van der Waals surface area contributed by atoms with Crippen LogP contribution in [0.4, 0.5) is 11.4 Å². The van der Waals surface area contributed by atoms with Crippen molar-refractivity contribution in [2.24, 2.45) is 5.92 Å². The van der Waals surface area contributed by atoms with Crippen molar-refractivity contribution in [1.29, 1.82) is 0 Å². The van der Waals surface area contributed by atoms with E-state index >= 15 is 0 Å². The molecule has 1 aliphatic heterocycles. The number of hydrogen-bond acceptors (Lipinski definition) is 4. The van der Waals surface area contributed by atoms with Gasteiger partial charge in [-0.2, -0.15) is 0 Å². The summed E-state index contributed by atoms with van der Waals surface area (Å²) in [4.78, 5) is 6.31. The highest BCUT2D eigenvalue weighted by molar-refractivity contribution is 9.10. The van der Waals surface area contributed by atoms with Gasteiger partial charge in [0.1, 0.15) is 0 Å². The van der Waals surface area contributed by atoms with Crippen LogP contribution in [0, 0.1) is 5.92 Å². The largest absolute Gasteiger partial charge is 0.396 e. The number of aliphatic hydroxyl groups excluding tert-OH is 1. The number of halogens is 1. The average Bonchev–Trinajstić information content (AvgIpc) is 2.29. The first-order valence-corrected chi connectivity index (χ1v) is 6.71. The van der Waals surface area contributed by atoms with Crippen LogP contribution in [-0.4, -0.2) is 29.3 Å². The molecule has 2 heterocycles. The molecule has 0 saturated carbocycles. The van der Waals surface area contributed by atoms with Crippen LogP contribution in [0.5, 0.6) is 0 Å². The Labute approximate surface area is 110 Å². The van der Waals surface area contributed by atoms with Gasteiger partial charge in [-0.25, -0.2) is 0 Å². The molecule has 0 aromatic carbocycles. The Bertz CT molecular complexity index is 369. The molecule has 17 heavy (non-hydrogen) atoms. The molecule has 4 nitrogen and oxygen atoms in total.